The van der Waals surface area contributed by atoms with Gasteiger partial charge in [-0.25, -0.2) is 9.13 Å². The highest BCUT2D eigenvalue weighted by Gasteiger charge is 2.16. The first-order valence-electron chi connectivity index (χ1n) is 5.06. The maximum absolute atomic E-state index is 6.04. The Morgan fingerprint density at radius 1 is 1.27 bits per heavy atom. The average Bonchev–Trinajstić information content (AvgIpc) is 2.41. The first-order valence-corrected chi connectivity index (χ1v) is 5.82. The molecule has 88 valence electrons. The van der Waals surface area contributed by atoms with Crippen LogP contribution in [0.25, 0.3) is 0 Å². The van der Waals surface area contributed by atoms with Crippen molar-refractivity contribution in [1.82, 2.24) is 4.57 Å². The number of rotatable bonds is 5. The monoisotopic (exact) mass is 362 g/mol. The number of hydrogen-bond acceptors (Lipinski definition) is 0. The number of nitrogens with zero attached hydrogens (tertiary/aromatic N) is 2. The Labute approximate surface area is 119 Å². The molecule has 0 atom stereocenters. The zero-order valence-corrected chi connectivity index (χ0v) is 12.8. The Bertz CT molecular complexity index is 300. The van der Waals surface area contributed by atoms with Crippen LogP contribution in [0.4, 0.5) is 0 Å². The van der Waals surface area contributed by atoms with Crippen LogP contribution in [0.15, 0.2) is 6.33 Å². The zero-order valence-electron chi connectivity index (χ0n) is 9.14. The van der Waals surface area contributed by atoms with Crippen molar-refractivity contribution in [2.24, 2.45) is 7.05 Å². The molecule has 0 aliphatic heterocycles. The van der Waals surface area contributed by atoms with Gasteiger partial charge in [-0.05, 0) is 36.0 Å². The zero-order chi connectivity index (χ0) is 10.6. The van der Waals surface area contributed by atoms with Gasteiger partial charge in [-0.2, -0.15) is 0 Å². The second-order valence-electron chi connectivity index (χ2n) is 3.56. The van der Waals surface area contributed by atoms with Crippen LogP contribution in [-0.4, -0.2) is 4.57 Å². The molecule has 2 nitrogen and oxygen atoms in total. The maximum Gasteiger partial charge on any atom is 0.255 e. The summed E-state index contributed by atoms with van der Waals surface area (Å²) in [6.07, 6.45) is 6.91. The van der Waals surface area contributed by atoms with E-state index in [1.165, 1.54) is 25.7 Å². The predicted octanol–water partition coefficient (Wildman–Crippen LogP) is 0.204. The summed E-state index contributed by atoms with van der Waals surface area (Å²) in [5.74, 6) is 0. The molecule has 1 rings (SSSR count). The topological polar surface area (TPSA) is 8.81 Å². The molecule has 0 aliphatic rings. The molecule has 0 spiro atoms. The fourth-order valence-corrected chi connectivity index (χ4v) is 1.85. The van der Waals surface area contributed by atoms with Gasteiger partial charge in [0.05, 0.1) is 13.6 Å². The van der Waals surface area contributed by atoms with E-state index < -0.39 is 0 Å². The van der Waals surface area contributed by atoms with Crippen molar-refractivity contribution in [3.63, 3.8) is 0 Å². The summed E-state index contributed by atoms with van der Waals surface area (Å²) in [4.78, 5) is 0. The van der Waals surface area contributed by atoms with Crippen molar-refractivity contribution in [2.75, 3.05) is 0 Å². The van der Waals surface area contributed by atoms with Crippen LogP contribution < -0.4 is 28.5 Å². The summed E-state index contributed by atoms with van der Waals surface area (Å²) >= 11 is 12.0. The minimum absolute atomic E-state index is 0. The van der Waals surface area contributed by atoms with Gasteiger partial charge in [-0.1, -0.05) is 19.8 Å². The summed E-state index contributed by atoms with van der Waals surface area (Å²) in [5.41, 5.74) is 0. The first-order chi connectivity index (χ1) is 6.66. The Balaban J connectivity index is 0.00000196. The second kappa shape index (κ2) is 7.74. The number of halogens is 3. The molecule has 0 radical (unpaired) electrons. The van der Waals surface area contributed by atoms with Crippen LogP contribution in [0.2, 0.25) is 10.3 Å². The molecule has 1 aromatic heterocycles. The highest BCUT2D eigenvalue weighted by atomic mass is 127. The Kier molecular flexibility index (Phi) is 8.01. The first kappa shape index (κ1) is 15.5. The molecule has 0 amide bonds. The number of aryl methyl sites for hydroxylation is 2. The van der Waals surface area contributed by atoms with E-state index in [1.807, 2.05) is 22.5 Å². The van der Waals surface area contributed by atoms with E-state index in [9.17, 15) is 0 Å². The van der Waals surface area contributed by atoms with Crippen LogP contribution in [0.1, 0.15) is 32.6 Å². The lowest BCUT2D eigenvalue weighted by molar-refractivity contribution is -0.668. The van der Waals surface area contributed by atoms with Crippen molar-refractivity contribution in [1.29, 1.82) is 0 Å². The van der Waals surface area contributed by atoms with Gasteiger partial charge in [0.2, 0.25) is 6.33 Å². The number of hydrogen-bond donors (Lipinski definition) is 0. The third kappa shape index (κ3) is 4.49. The lowest BCUT2D eigenvalue weighted by Crippen LogP contribution is -3.00. The number of unbranched alkanes of at least 4 members (excludes halogenated alkanes) is 3. The van der Waals surface area contributed by atoms with Crippen molar-refractivity contribution >= 4 is 23.2 Å². The largest absolute Gasteiger partial charge is 1.00 e. The molecule has 1 aromatic rings. The molecular formula is C10H17Cl2IN2. The number of aromatic nitrogens is 2. The minimum atomic E-state index is 0. The number of imidazole rings is 1. The van der Waals surface area contributed by atoms with Gasteiger partial charge in [0, 0.05) is 0 Å². The molecule has 0 bridgehead atoms. The maximum atomic E-state index is 6.04. The summed E-state index contributed by atoms with van der Waals surface area (Å²) in [6.45, 7) is 3.17. The standard InChI is InChI=1S/C10H17Cl2N2.HI/c1-3-4-5-6-7-14-8-13(2)9(11)10(14)12;/h8H,3-7H2,1-2H3;1H/q+1;/p-1. The summed E-state index contributed by atoms with van der Waals surface area (Å²) in [7, 11) is 1.90. The van der Waals surface area contributed by atoms with E-state index in [0.717, 1.165) is 6.54 Å². The third-order valence-electron chi connectivity index (χ3n) is 2.30. The Morgan fingerprint density at radius 3 is 2.40 bits per heavy atom. The van der Waals surface area contributed by atoms with Crippen molar-refractivity contribution < 1.29 is 28.5 Å². The van der Waals surface area contributed by atoms with Crippen LogP contribution in [0, 0.1) is 0 Å². The molecule has 0 aromatic carbocycles. The van der Waals surface area contributed by atoms with E-state index in [-0.39, 0.29) is 24.0 Å². The lowest BCUT2D eigenvalue weighted by atomic mass is 10.2. The highest BCUT2D eigenvalue weighted by Crippen LogP contribution is 2.18. The van der Waals surface area contributed by atoms with Gasteiger partial charge in [-0.15, -0.1) is 0 Å². The van der Waals surface area contributed by atoms with Crippen molar-refractivity contribution in [3.8, 4) is 0 Å². The highest BCUT2D eigenvalue weighted by molar-refractivity contribution is 6.39. The van der Waals surface area contributed by atoms with Gasteiger partial charge in [0.15, 0.2) is 0 Å². The van der Waals surface area contributed by atoms with Crippen LogP contribution >= 0.6 is 23.2 Å². The van der Waals surface area contributed by atoms with Gasteiger partial charge in [0.25, 0.3) is 10.3 Å². The van der Waals surface area contributed by atoms with Crippen LogP contribution in [0.3, 0.4) is 0 Å². The van der Waals surface area contributed by atoms with E-state index in [1.54, 1.807) is 0 Å². The molecule has 0 N–H and O–H groups in total. The summed E-state index contributed by atoms with van der Waals surface area (Å²) < 4.78 is 3.84. The van der Waals surface area contributed by atoms with E-state index >= 15 is 0 Å². The molecule has 0 saturated carbocycles. The summed E-state index contributed by atoms with van der Waals surface area (Å²) in [5, 5.41) is 1.26. The summed E-state index contributed by atoms with van der Waals surface area (Å²) in [6, 6.07) is 0. The van der Waals surface area contributed by atoms with Gasteiger partial charge < -0.3 is 24.0 Å². The third-order valence-corrected chi connectivity index (χ3v) is 3.24. The Morgan fingerprint density at radius 2 is 1.93 bits per heavy atom. The fourth-order valence-electron chi connectivity index (χ4n) is 1.44. The molecule has 0 fully saturated rings. The molecule has 15 heavy (non-hydrogen) atoms. The molecule has 1 heterocycles. The van der Waals surface area contributed by atoms with Gasteiger partial charge >= 0.3 is 0 Å². The predicted molar refractivity (Wildman–Crippen MR) is 59.8 cm³/mol. The van der Waals surface area contributed by atoms with E-state index in [2.05, 4.69) is 6.92 Å². The van der Waals surface area contributed by atoms with Crippen LogP contribution in [0.5, 0.6) is 0 Å². The second-order valence-corrected chi connectivity index (χ2v) is 4.28. The smallest absolute Gasteiger partial charge is 0.255 e. The average molecular weight is 363 g/mol. The van der Waals surface area contributed by atoms with Crippen molar-refractivity contribution in [2.45, 2.75) is 39.2 Å². The SMILES string of the molecule is CCCCCCn1c[n+](C)c(Cl)c1Cl.[I-]. The molecule has 5 heteroatoms. The van der Waals surface area contributed by atoms with Gasteiger partial charge in [0.1, 0.15) is 0 Å². The molecular weight excluding hydrogens is 346 g/mol. The molecule has 0 unspecified atom stereocenters. The minimum Gasteiger partial charge on any atom is -1.00 e. The van der Waals surface area contributed by atoms with E-state index in [4.69, 9.17) is 23.2 Å². The molecule has 0 saturated heterocycles. The molecule has 0 aliphatic carbocycles. The van der Waals surface area contributed by atoms with Gasteiger partial charge in [-0.3, -0.25) is 0 Å². The fraction of sp³-hybridized carbons (Fsp3) is 0.700. The normalized spacial score (nSPS) is 10.1. The Hall–Kier alpha value is 0.520. The van der Waals surface area contributed by atoms with E-state index in [0.29, 0.717) is 10.3 Å². The quantitative estimate of drug-likeness (QED) is 0.402. The van der Waals surface area contributed by atoms with Crippen LogP contribution in [-0.2, 0) is 13.6 Å². The lowest BCUT2D eigenvalue weighted by Gasteiger charge is -1.96. The van der Waals surface area contributed by atoms with Crippen molar-refractivity contribution in [3.05, 3.63) is 16.6 Å².